The summed E-state index contributed by atoms with van der Waals surface area (Å²) in [5.41, 5.74) is -1.02. The fourth-order valence-electron chi connectivity index (χ4n) is 1.13. The van der Waals surface area contributed by atoms with Gasteiger partial charge < -0.3 is 5.32 Å². The smallest absolute Gasteiger partial charge is 0.142 e. The highest BCUT2D eigenvalue weighted by molar-refractivity contribution is 7.09. The first-order valence-electron chi connectivity index (χ1n) is 3.57. The molecule has 0 unspecified atom stereocenters. The molecule has 1 saturated heterocycles. The first-order valence-corrected chi connectivity index (χ1v) is 4.44. The second-order valence-electron chi connectivity index (χ2n) is 2.86. The van der Waals surface area contributed by atoms with Crippen molar-refractivity contribution >= 4 is 11.3 Å². The van der Waals surface area contributed by atoms with Crippen LogP contribution in [0.4, 0.5) is 4.39 Å². The minimum Gasteiger partial charge on any atom is -0.310 e. The molecule has 2 rings (SSSR count). The van der Waals surface area contributed by atoms with Crippen LogP contribution in [0.25, 0.3) is 0 Å². The molecule has 0 spiro atoms. The average Bonchev–Trinajstić information content (AvgIpc) is 2.36. The molecule has 1 aliphatic heterocycles. The van der Waals surface area contributed by atoms with Crippen LogP contribution in [0, 0.1) is 0 Å². The van der Waals surface area contributed by atoms with Crippen molar-refractivity contribution in [3.8, 4) is 0 Å². The number of hydrogen-bond acceptors (Lipinski definition) is 3. The molecular weight excluding hydrogens is 163 g/mol. The lowest BCUT2D eigenvalue weighted by molar-refractivity contribution is 0.0911. The number of halogens is 1. The van der Waals surface area contributed by atoms with Crippen LogP contribution in [0.1, 0.15) is 5.01 Å². The topological polar surface area (TPSA) is 24.9 Å². The van der Waals surface area contributed by atoms with Gasteiger partial charge in [-0.15, -0.1) is 11.3 Å². The SMILES string of the molecule is FC1(Cc2nccs2)CNC1. The molecule has 0 atom stereocenters. The van der Waals surface area contributed by atoms with E-state index in [0.717, 1.165) is 5.01 Å². The van der Waals surface area contributed by atoms with Crippen molar-refractivity contribution in [2.24, 2.45) is 0 Å². The largest absolute Gasteiger partial charge is 0.310 e. The molecule has 1 aliphatic rings. The fraction of sp³-hybridized carbons (Fsp3) is 0.571. The molecule has 0 aromatic carbocycles. The van der Waals surface area contributed by atoms with Gasteiger partial charge in [0.25, 0.3) is 0 Å². The predicted octanol–water partition coefficient (Wildman–Crippen LogP) is 0.997. The van der Waals surface area contributed by atoms with Crippen LogP contribution in [0.5, 0.6) is 0 Å². The summed E-state index contributed by atoms with van der Waals surface area (Å²) in [6.07, 6.45) is 2.19. The van der Waals surface area contributed by atoms with Crippen molar-refractivity contribution in [2.45, 2.75) is 12.1 Å². The van der Waals surface area contributed by atoms with Gasteiger partial charge in [0.15, 0.2) is 0 Å². The van der Waals surface area contributed by atoms with Crippen LogP contribution in [0.2, 0.25) is 0 Å². The quantitative estimate of drug-likeness (QED) is 0.719. The van der Waals surface area contributed by atoms with Crippen LogP contribution in [-0.4, -0.2) is 23.7 Å². The number of alkyl halides is 1. The Hall–Kier alpha value is -0.480. The molecule has 11 heavy (non-hydrogen) atoms. The number of nitrogens with zero attached hydrogens (tertiary/aromatic N) is 1. The molecule has 0 bridgehead atoms. The third-order valence-corrected chi connectivity index (χ3v) is 2.61. The van der Waals surface area contributed by atoms with Gasteiger partial charge in [-0.2, -0.15) is 0 Å². The normalized spacial score (nSPS) is 21.2. The van der Waals surface area contributed by atoms with Gasteiger partial charge in [-0.25, -0.2) is 9.37 Å². The first kappa shape index (κ1) is 7.18. The fourth-order valence-corrected chi connectivity index (χ4v) is 1.88. The van der Waals surface area contributed by atoms with Crippen LogP contribution in [0.15, 0.2) is 11.6 Å². The summed E-state index contributed by atoms with van der Waals surface area (Å²) < 4.78 is 13.4. The van der Waals surface area contributed by atoms with Gasteiger partial charge in [0.05, 0.1) is 5.01 Å². The Balaban J connectivity index is 2.00. The Morgan fingerprint density at radius 3 is 3.00 bits per heavy atom. The zero-order valence-corrected chi connectivity index (χ0v) is 6.83. The van der Waals surface area contributed by atoms with Crippen LogP contribution in [-0.2, 0) is 6.42 Å². The Bertz CT molecular complexity index is 231. The van der Waals surface area contributed by atoms with E-state index in [9.17, 15) is 4.39 Å². The highest BCUT2D eigenvalue weighted by atomic mass is 32.1. The molecule has 4 heteroatoms. The highest BCUT2D eigenvalue weighted by Gasteiger charge is 2.37. The zero-order valence-electron chi connectivity index (χ0n) is 6.01. The summed E-state index contributed by atoms with van der Waals surface area (Å²) in [5, 5.41) is 5.69. The van der Waals surface area contributed by atoms with Crippen molar-refractivity contribution in [2.75, 3.05) is 13.1 Å². The van der Waals surface area contributed by atoms with Crippen molar-refractivity contribution < 1.29 is 4.39 Å². The summed E-state index contributed by atoms with van der Waals surface area (Å²) in [4.78, 5) is 4.03. The average molecular weight is 172 g/mol. The van der Waals surface area contributed by atoms with Crippen molar-refractivity contribution in [1.82, 2.24) is 10.3 Å². The zero-order chi connectivity index (χ0) is 7.73. The van der Waals surface area contributed by atoms with E-state index in [0.29, 0.717) is 19.5 Å². The highest BCUT2D eigenvalue weighted by Crippen LogP contribution is 2.22. The molecule has 0 aliphatic carbocycles. The molecule has 1 aromatic rings. The van der Waals surface area contributed by atoms with Gasteiger partial charge in [0, 0.05) is 31.1 Å². The van der Waals surface area contributed by atoms with Crippen LogP contribution >= 0.6 is 11.3 Å². The van der Waals surface area contributed by atoms with Gasteiger partial charge in [-0.1, -0.05) is 0 Å². The van der Waals surface area contributed by atoms with E-state index in [1.165, 1.54) is 11.3 Å². The summed E-state index contributed by atoms with van der Waals surface area (Å²) >= 11 is 1.52. The Kier molecular flexibility index (Phi) is 1.65. The molecule has 2 nitrogen and oxygen atoms in total. The lowest BCUT2D eigenvalue weighted by Crippen LogP contribution is -2.57. The lowest BCUT2D eigenvalue weighted by Gasteiger charge is -2.34. The first-order chi connectivity index (χ1) is 5.29. The maximum absolute atomic E-state index is 13.4. The maximum Gasteiger partial charge on any atom is 0.142 e. The van der Waals surface area contributed by atoms with E-state index in [1.54, 1.807) is 6.20 Å². The number of rotatable bonds is 2. The Morgan fingerprint density at radius 1 is 1.73 bits per heavy atom. The second-order valence-corrected chi connectivity index (χ2v) is 3.84. The number of hydrogen-bond donors (Lipinski definition) is 1. The number of aromatic nitrogens is 1. The number of thiazole rings is 1. The summed E-state index contributed by atoms with van der Waals surface area (Å²) in [5.74, 6) is 0. The van der Waals surface area contributed by atoms with E-state index >= 15 is 0 Å². The predicted molar refractivity (Wildman–Crippen MR) is 42.5 cm³/mol. The minimum atomic E-state index is -1.02. The third kappa shape index (κ3) is 1.41. The van der Waals surface area contributed by atoms with E-state index in [1.807, 2.05) is 5.38 Å². The molecule has 0 amide bonds. The molecule has 1 aromatic heterocycles. The molecular formula is C7H9FN2S. The minimum absolute atomic E-state index is 0.470. The van der Waals surface area contributed by atoms with Crippen molar-refractivity contribution in [3.63, 3.8) is 0 Å². The standard InChI is InChI=1S/C7H9FN2S/c8-7(4-9-5-7)3-6-10-1-2-11-6/h1-2,9H,3-5H2. The molecule has 0 saturated carbocycles. The molecule has 1 N–H and O–H groups in total. The molecule has 60 valence electrons. The molecule has 0 radical (unpaired) electrons. The van der Waals surface area contributed by atoms with E-state index in [4.69, 9.17) is 0 Å². The van der Waals surface area contributed by atoms with E-state index in [2.05, 4.69) is 10.3 Å². The monoisotopic (exact) mass is 172 g/mol. The Labute approximate surface area is 68.5 Å². The second kappa shape index (κ2) is 2.53. The van der Waals surface area contributed by atoms with Gasteiger partial charge in [-0.05, 0) is 0 Å². The van der Waals surface area contributed by atoms with Crippen LogP contribution < -0.4 is 5.32 Å². The Morgan fingerprint density at radius 2 is 2.55 bits per heavy atom. The van der Waals surface area contributed by atoms with Gasteiger partial charge in [0.1, 0.15) is 5.67 Å². The third-order valence-electron chi connectivity index (χ3n) is 1.84. The lowest BCUT2D eigenvalue weighted by atomic mass is 9.96. The molecule has 2 heterocycles. The summed E-state index contributed by atoms with van der Waals surface area (Å²) in [6, 6.07) is 0. The van der Waals surface area contributed by atoms with Crippen LogP contribution in [0.3, 0.4) is 0 Å². The maximum atomic E-state index is 13.4. The van der Waals surface area contributed by atoms with Crippen molar-refractivity contribution in [1.29, 1.82) is 0 Å². The molecule has 1 fully saturated rings. The van der Waals surface area contributed by atoms with E-state index in [-0.39, 0.29) is 0 Å². The van der Waals surface area contributed by atoms with Gasteiger partial charge >= 0.3 is 0 Å². The van der Waals surface area contributed by atoms with Crippen molar-refractivity contribution in [3.05, 3.63) is 16.6 Å². The number of nitrogens with one attached hydrogen (secondary N) is 1. The summed E-state index contributed by atoms with van der Waals surface area (Å²) in [7, 11) is 0. The van der Waals surface area contributed by atoms with Gasteiger partial charge in [-0.3, -0.25) is 0 Å². The van der Waals surface area contributed by atoms with E-state index < -0.39 is 5.67 Å². The summed E-state index contributed by atoms with van der Waals surface area (Å²) in [6.45, 7) is 0.958. The van der Waals surface area contributed by atoms with Gasteiger partial charge in [0.2, 0.25) is 0 Å².